The van der Waals surface area contributed by atoms with Gasteiger partial charge in [-0.25, -0.2) is 0 Å². The van der Waals surface area contributed by atoms with Gasteiger partial charge < -0.3 is 9.55 Å². The van der Waals surface area contributed by atoms with E-state index in [1.807, 2.05) is 18.2 Å². The molecule has 20 heavy (non-hydrogen) atoms. The van der Waals surface area contributed by atoms with E-state index in [9.17, 15) is 0 Å². The topological polar surface area (TPSA) is 44.5 Å². The number of H-pyrrole nitrogens is 1. The second-order valence-corrected chi connectivity index (χ2v) is 6.03. The molecule has 104 valence electrons. The van der Waals surface area contributed by atoms with Crippen LogP contribution in [0.4, 0.5) is 0 Å². The van der Waals surface area contributed by atoms with Crippen molar-refractivity contribution in [3.63, 3.8) is 0 Å². The van der Waals surface area contributed by atoms with Crippen molar-refractivity contribution in [3.8, 4) is 6.07 Å². The Morgan fingerprint density at radius 2 is 1.85 bits per heavy atom. The molecule has 0 atom stereocenters. The van der Waals surface area contributed by atoms with Crippen molar-refractivity contribution in [2.75, 3.05) is 0 Å². The summed E-state index contributed by atoms with van der Waals surface area (Å²) in [6.45, 7) is 0. The summed E-state index contributed by atoms with van der Waals surface area (Å²) in [6, 6.07) is 8.46. The Hall–Kier alpha value is -1.60. The van der Waals surface area contributed by atoms with Gasteiger partial charge in [-0.3, -0.25) is 0 Å². The fourth-order valence-electron chi connectivity index (χ4n) is 3.25. The molecule has 2 aromatic rings. The largest absolute Gasteiger partial charge is 0.331 e. The molecule has 1 aliphatic rings. The zero-order valence-corrected chi connectivity index (χ0v) is 12.4. The molecule has 0 saturated heterocycles. The van der Waals surface area contributed by atoms with Crippen LogP contribution >= 0.6 is 12.2 Å². The fourth-order valence-corrected chi connectivity index (χ4v) is 3.60. The SMILES string of the molecule is N#Cc1ccc2[nH]c(=S)n(C3CCCCCCC3)c2c1. The number of nitrogens with one attached hydrogen (secondary N) is 1. The van der Waals surface area contributed by atoms with Crippen molar-refractivity contribution < 1.29 is 0 Å². The zero-order valence-electron chi connectivity index (χ0n) is 11.6. The van der Waals surface area contributed by atoms with E-state index in [-0.39, 0.29) is 0 Å². The maximum Gasteiger partial charge on any atom is 0.178 e. The minimum absolute atomic E-state index is 0.477. The van der Waals surface area contributed by atoms with Gasteiger partial charge in [-0.15, -0.1) is 0 Å². The second-order valence-electron chi connectivity index (χ2n) is 5.64. The van der Waals surface area contributed by atoms with Crippen LogP contribution in [0.3, 0.4) is 0 Å². The van der Waals surface area contributed by atoms with Crippen LogP contribution < -0.4 is 0 Å². The molecule has 1 heterocycles. The molecule has 0 spiro atoms. The predicted octanol–water partition coefficient (Wildman–Crippen LogP) is 4.86. The molecular formula is C16H19N3S. The number of imidazole rings is 1. The first-order valence-corrected chi connectivity index (χ1v) is 7.85. The lowest BCUT2D eigenvalue weighted by atomic mass is 9.96. The van der Waals surface area contributed by atoms with Crippen LogP contribution in [0.5, 0.6) is 0 Å². The van der Waals surface area contributed by atoms with E-state index < -0.39 is 0 Å². The van der Waals surface area contributed by atoms with Gasteiger partial charge in [0.2, 0.25) is 0 Å². The van der Waals surface area contributed by atoms with Crippen LogP contribution in [0, 0.1) is 16.1 Å². The summed E-state index contributed by atoms with van der Waals surface area (Å²) in [7, 11) is 0. The number of aromatic nitrogens is 2. The Kier molecular flexibility index (Phi) is 3.88. The van der Waals surface area contributed by atoms with E-state index >= 15 is 0 Å². The number of nitriles is 1. The molecule has 1 fully saturated rings. The third kappa shape index (κ3) is 2.51. The summed E-state index contributed by atoms with van der Waals surface area (Å²) in [5.41, 5.74) is 2.82. The highest BCUT2D eigenvalue weighted by atomic mass is 32.1. The van der Waals surface area contributed by atoms with Crippen molar-refractivity contribution in [1.82, 2.24) is 9.55 Å². The number of rotatable bonds is 1. The maximum absolute atomic E-state index is 9.09. The van der Waals surface area contributed by atoms with Gasteiger partial charge in [0, 0.05) is 6.04 Å². The van der Waals surface area contributed by atoms with Gasteiger partial charge in [-0.2, -0.15) is 5.26 Å². The van der Waals surface area contributed by atoms with Gasteiger partial charge in [-0.05, 0) is 43.3 Å². The summed E-state index contributed by atoms with van der Waals surface area (Å²) >= 11 is 5.52. The molecule has 0 bridgehead atoms. The lowest BCUT2D eigenvalue weighted by Crippen LogP contribution is -2.11. The third-order valence-electron chi connectivity index (χ3n) is 4.29. The molecule has 0 aliphatic heterocycles. The van der Waals surface area contributed by atoms with Crippen molar-refractivity contribution in [2.24, 2.45) is 0 Å². The Bertz CT molecular complexity index is 697. The Labute approximate surface area is 124 Å². The zero-order chi connectivity index (χ0) is 13.9. The van der Waals surface area contributed by atoms with Crippen molar-refractivity contribution in [3.05, 3.63) is 28.5 Å². The highest BCUT2D eigenvalue weighted by molar-refractivity contribution is 7.71. The minimum atomic E-state index is 0.477. The van der Waals surface area contributed by atoms with Crippen molar-refractivity contribution in [2.45, 2.75) is 51.0 Å². The Morgan fingerprint density at radius 3 is 2.55 bits per heavy atom. The molecule has 4 heteroatoms. The van der Waals surface area contributed by atoms with Gasteiger partial charge in [0.1, 0.15) is 0 Å². The van der Waals surface area contributed by atoms with Crippen LogP contribution in [-0.2, 0) is 0 Å². The average Bonchev–Trinajstić information content (AvgIpc) is 2.74. The fraction of sp³-hybridized carbons (Fsp3) is 0.500. The molecule has 1 aliphatic carbocycles. The quantitative estimate of drug-likeness (QED) is 0.761. The van der Waals surface area contributed by atoms with Gasteiger partial charge in [0.15, 0.2) is 4.77 Å². The first-order valence-electron chi connectivity index (χ1n) is 7.44. The molecule has 1 N–H and O–H groups in total. The average molecular weight is 285 g/mol. The third-order valence-corrected chi connectivity index (χ3v) is 4.59. The Morgan fingerprint density at radius 1 is 1.15 bits per heavy atom. The molecule has 3 nitrogen and oxygen atoms in total. The highest BCUT2D eigenvalue weighted by Crippen LogP contribution is 2.30. The first kappa shape index (κ1) is 13.4. The number of hydrogen-bond acceptors (Lipinski definition) is 2. The first-order chi connectivity index (χ1) is 9.79. The van der Waals surface area contributed by atoms with E-state index in [0.717, 1.165) is 15.8 Å². The van der Waals surface area contributed by atoms with Crippen LogP contribution in [0.25, 0.3) is 11.0 Å². The van der Waals surface area contributed by atoms with Crippen LogP contribution in [0.15, 0.2) is 18.2 Å². The van der Waals surface area contributed by atoms with E-state index in [0.29, 0.717) is 11.6 Å². The normalized spacial score (nSPS) is 17.6. The van der Waals surface area contributed by atoms with Crippen molar-refractivity contribution in [1.29, 1.82) is 5.26 Å². The molecule has 0 amide bonds. The van der Waals surface area contributed by atoms with E-state index in [1.54, 1.807) is 0 Å². The molecule has 3 rings (SSSR count). The molecule has 1 saturated carbocycles. The standard InChI is InChI=1S/C16H19N3S/c17-11-12-8-9-14-15(10-12)19(16(20)18-14)13-6-4-2-1-3-5-7-13/h8-10,13H,1-7H2,(H,18,20). The number of aromatic amines is 1. The summed E-state index contributed by atoms with van der Waals surface area (Å²) in [5.74, 6) is 0. The lowest BCUT2D eigenvalue weighted by Gasteiger charge is -2.22. The molecule has 0 radical (unpaired) electrons. The number of nitrogens with zero attached hydrogens (tertiary/aromatic N) is 2. The second kappa shape index (κ2) is 5.80. The van der Waals surface area contributed by atoms with E-state index in [2.05, 4.69) is 15.6 Å². The summed E-state index contributed by atoms with van der Waals surface area (Å²) in [5, 5.41) is 9.09. The molecule has 0 unspecified atom stereocenters. The van der Waals surface area contributed by atoms with Crippen LogP contribution in [0.2, 0.25) is 0 Å². The molecule has 1 aromatic carbocycles. The lowest BCUT2D eigenvalue weighted by molar-refractivity contribution is 0.376. The highest BCUT2D eigenvalue weighted by Gasteiger charge is 2.17. The monoisotopic (exact) mass is 285 g/mol. The minimum Gasteiger partial charge on any atom is -0.331 e. The molecule has 1 aromatic heterocycles. The number of benzene rings is 1. The summed E-state index contributed by atoms with van der Waals surface area (Å²) < 4.78 is 3.04. The van der Waals surface area contributed by atoms with Gasteiger partial charge >= 0.3 is 0 Å². The van der Waals surface area contributed by atoms with E-state index in [1.165, 1.54) is 44.9 Å². The maximum atomic E-state index is 9.09. The Balaban J connectivity index is 2.06. The predicted molar refractivity (Wildman–Crippen MR) is 83.2 cm³/mol. The number of fused-ring (bicyclic) bond motifs is 1. The van der Waals surface area contributed by atoms with Crippen LogP contribution in [0.1, 0.15) is 56.6 Å². The molecular weight excluding hydrogens is 266 g/mol. The van der Waals surface area contributed by atoms with Crippen LogP contribution in [-0.4, -0.2) is 9.55 Å². The van der Waals surface area contributed by atoms with Gasteiger partial charge in [0.05, 0.1) is 22.7 Å². The smallest absolute Gasteiger partial charge is 0.178 e. The number of hydrogen-bond donors (Lipinski definition) is 1. The van der Waals surface area contributed by atoms with Gasteiger partial charge in [0.25, 0.3) is 0 Å². The summed E-state index contributed by atoms with van der Waals surface area (Å²) in [4.78, 5) is 3.28. The van der Waals surface area contributed by atoms with E-state index in [4.69, 9.17) is 17.5 Å². The summed E-state index contributed by atoms with van der Waals surface area (Å²) in [6.07, 6.45) is 8.96. The van der Waals surface area contributed by atoms with Crippen molar-refractivity contribution >= 4 is 23.3 Å². The van der Waals surface area contributed by atoms with Gasteiger partial charge in [-0.1, -0.05) is 32.1 Å².